The molecule has 5 nitrogen and oxygen atoms in total. The van der Waals surface area contributed by atoms with Crippen LogP contribution in [-0.4, -0.2) is 15.9 Å². The predicted octanol–water partition coefficient (Wildman–Crippen LogP) is 11.4. The molecule has 1 radical (unpaired) electrons. The number of aliphatic hydroxyl groups excluding tert-OH is 1. The van der Waals surface area contributed by atoms with Gasteiger partial charge in [-0.2, -0.15) is 0 Å². The maximum Gasteiger partial charge on any atom is 0.162 e. The van der Waals surface area contributed by atoms with Gasteiger partial charge in [0, 0.05) is 63.1 Å². The number of rotatable bonds is 11. The van der Waals surface area contributed by atoms with Gasteiger partial charge in [-0.05, 0) is 66.8 Å². The van der Waals surface area contributed by atoms with Gasteiger partial charge in [0.05, 0.1) is 12.0 Å². The van der Waals surface area contributed by atoms with E-state index in [0.717, 1.165) is 76.7 Å². The molecule has 269 valence electrons. The van der Waals surface area contributed by atoms with Gasteiger partial charge in [-0.3, -0.25) is 9.78 Å². The number of hydrogen-bond acceptors (Lipinski definition) is 4. The van der Waals surface area contributed by atoms with Gasteiger partial charge < -0.3 is 14.1 Å². The summed E-state index contributed by atoms with van der Waals surface area (Å²) in [6.07, 6.45) is 9.66. The fraction of sp³-hybridized carbons (Fsp3) is 0.409. The molecule has 50 heavy (non-hydrogen) atoms. The third kappa shape index (κ3) is 9.74. The Balaban J connectivity index is 0.000000361. The smallest absolute Gasteiger partial charge is 0.162 e. The third-order valence-electron chi connectivity index (χ3n) is 9.34. The van der Waals surface area contributed by atoms with Crippen molar-refractivity contribution in [2.24, 2.45) is 17.8 Å². The molecule has 0 atom stereocenters. The average molecular weight is 852 g/mol. The van der Waals surface area contributed by atoms with Gasteiger partial charge in [0.1, 0.15) is 17.1 Å². The minimum absolute atomic E-state index is 0. The van der Waals surface area contributed by atoms with Gasteiger partial charge in [-0.15, -0.1) is 29.1 Å². The number of ketones is 1. The van der Waals surface area contributed by atoms with Crippen LogP contribution in [0.5, 0.6) is 0 Å². The van der Waals surface area contributed by atoms with Crippen LogP contribution in [0.3, 0.4) is 0 Å². The fourth-order valence-electron chi connectivity index (χ4n) is 6.40. The molecule has 3 aromatic heterocycles. The molecule has 2 aromatic carbocycles. The van der Waals surface area contributed by atoms with Gasteiger partial charge in [0.2, 0.25) is 0 Å². The predicted molar refractivity (Wildman–Crippen MR) is 203 cm³/mol. The van der Waals surface area contributed by atoms with Crippen LogP contribution in [0, 0.1) is 30.9 Å². The van der Waals surface area contributed by atoms with Crippen molar-refractivity contribution in [2.75, 3.05) is 0 Å². The zero-order valence-corrected chi connectivity index (χ0v) is 33.8. The quantitative estimate of drug-likeness (QED) is 0.0622. The van der Waals surface area contributed by atoms with Crippen molar-refractivity contribution in [3.05, 3.63) is 103 Å². The summed E-state index contributed by atoms with van der Waals surface area (Å²) in [4.78, 5) is 16.4. The minimum atomic E-state index is 0. The Morgan fingerprint density at radius 1 is 0.980 bits per heavy atom. The SMILES string of the molecule is CCC(CC)C(=O)/C=C(\O)C(CC)CC.[CH2-][n+]1ccc(-c2nccc3cc(CC(C)C)oc23)cc1-c1[c-]c2ccccc2c(C(C)(C)C)c1.[Ir]. The summed E-state index contributed by atoms with van der Waals surface area (Å²) >= 11 is 0. The van der Waals surface area contributed by atoms with Crippen molar-refractivity contribution in [2.45, 2.75) is 99.8 Å². The Morgan fingerprint density at radius 3 is 2.26 bits per heavy atom. The van der Waals surface area contributed by atoms with E-state index in [1.54, 1.807) is 0 Å². The third-order valence-corrected chi connectivity index (χ3v) is 9.34. The summed E-state index contributed by atoms with van der Waals surface area (Å²) in [6.45, 7) is 19.2. The molecule has 0 aliphatic heterocycles. The van der Waals surface area contributed by atoms with E-state index < -0.39 is 0 Å². The van der Waals surface area contributed by atoms with Crippen molar-refractivity contribution >= 4 is 27.5 Å². The number of pyridine rings is 2. The second-order valence-electron chi connectivity index (χ2n) is 14.5. The van der Waals surface area contributed by atoms with Gasteiger partial charge >= 0.3 is 0 Å². The molecule has 0 spiro atoms. The summed E-state index contributed by atoms with van der Waals surface area (Å²) in [5.41, 5.74) is 6.00. The van der Waals surface area contributed by atoms with Crippen LogP contribution in [-0.2, 0) is 36.7 Å². The number of allylic oxidation sites excluding steroid dienone is 2. The maximum atomic E-state index is 11.7. The summed E-state index contributed by atoms with van der Waals surface area (Å²) in [5.74, 6) is 2.08. The summed E-state index contributed by atoms with van der Waals surface area (Å²) in [7, 11) is 4.26. The zero-order valence-electron chi connectivity index (χ0n) is 31.4. The van der Waals surface area contributed by atoms with E-state index in [2.05, 4.69) is 96.3 Å². The van der Waals surface area contributed by atoms with E-state index >= 15 is 0 Å². The second kappa shape index (κ2) is 18.0. The van der Waals surface area contributed by atoms with Crippen LogP contribution < -0.4 is 4.57 Å². The number of furan rings is 1. The van der Waals surface area contributed by atoms with Crippen LogP contribution in [0.2, 0.25) is 0 Å². The molecular formula is C44H55IrN2O3-. The van der Waals surface area contributed by atoms with E-state index in [-0.39, 0.29) is 48.9 Å². The summed E-state index contributed by atoms with van der Waals surface area (Å²) in [6, 6.07) is 22.7. The number of aliphatic hydroxyl groups is 1. The number of carbonyl (C=O) groups excluding carboxylic acids is 1. The average Bonchev–Trinajstić information content (AvgIpc) is 3.47. The molecule has 0 fully saturated rings. The first-order valence-electron chi connectivity index (χ1n) is 18.0. The fourth-order valence-corrected chi connectivity index (χ4v) is 6.40. The van der Waals surface area contributed by atoms with Crippen molar-refractivity contribution < 1.29 is 39.0 Å². The summed E-state index contributed by atoms with van der Waals surface area (Å²) < 4.78 is 8.17. The normalized spacial score (nSPS) is 12.0. The van der Waals surface area contributed by atoms with E-state index in [1.807, 2.05) is 50.7 Å². The number of fused-ring (bicyclic) bond motifs is 2. The molecule has 5 rings (SSSR count). The first kappa shape index (κ1) is 40.7. The Bertz CT molecular complexity index is 1910. The maximum absolute atomic E-state index is 11.7. The van der Waals surface area contributed by atoms with E-state index in [1.165, 1.54) is 17.0 Å². The van der Waals surface area contributed by atoms with Crippen LogP contribution in [0.15, 0.2) is 83.2 Å². The van der Waals surface area contributed by atoms with Crippen LogP contribution >= 0.6 is 0 Å². The van der Waals surface area contributed by atoms with E-state index in [4.69, 9.17) is 9.40 Å². The number of aromatic nitrogens is 2. The molecule has 5 aromatic rings. The van der Waals surface area contributed by atoms with Crippen molar-refractivity contribution in [3.8, 4) is 22.5 Å². The Morgan fingerprint density at radius 2 is 1.64 bits per heavy atom. The first-order chi connectivity index (χ1) is 23.3. The number of nitrogens with zero attached hydrogens (tertiary/aromatic N) is 2. The van der Waals surface area contributed by atoms with Gasteiger partial charge in [0.25, 0.3) is 0 Å². The van der Waals surface area contributed by atoms with E-state index in [9.17, 15) is 9.90 Å². The molecular weight excluding hydrogens is 797 g/mol. The summed E-state index contributed by atoms with van der Waals surface area (Å²) in [5, 5.41) is 13.2. The number of hydrogen-bond donors (Lipinski definition) is 1. The Hall–Kier alpha value is -3.73. The number of benzene rings is 2. The monoisotopic (exact) mass is 852 g/mol. The molecule has 0 bridgehead atoms. The molecule has 0 aliphatic rings. The molecule has 0 saturated carbocycles. The van der Waals surface area contributed by atoms with Gasteiger partial charge in [-0.25, -0.2) is 0 Å². The minimum Gasteiger partial charge on any atom is -0.512 e. The first-order valence-corrected chi connectivity index (χ1v) is 18.0. The van der Waals surface area contributed by atoms with Crippen molar-refractivity contribution in [3.63, 3.8) is 0 Å². The molecule has 0 amide bonds. The Labute approximate surface area is 313 Å². The van der Waals surface area contributed by atoms with Gasteiger partial charge in [0.15, 0.2) is 11.4 Å². The standard InChI is InChI=1S/C31H31N2O.C13H24O2.Ir/c1-20(2)15-25-17-23-11-13-32-29(30(23)34-25)22-12-14-33(6)28(19-22)24-16-21-9-7-8-10-26(21)27(18-24)31(3,4)5;1-5-10(6-2)12(14)9-13(15)11(7-3)8-4;/h7-14,17-20H,6,15H2,1-5H3;9-11,14H,5-8H2,1-4H3;/q-1;;/b;12-9-;. The molecule has 1 N–H and O–H groups in total. The van der Waals surface area contributed by atoms with Crippen LogP contribution in [0.25, 0.3) is 44.3 Å². The van der Waals surface area contributed by atoms with E-state index in [0.29, 0.717) is 5.92 Å². The molecule has 0 aliphatic carbocycles. The van der Waals surface area contributed by atoms with Crippen LogP contribution in [0.4, 0.5) is 0 Å². The topological polar surface area (TPSA) is 67.2 Å². The Kier molecular flexibility index (Phi) is 14.6. The molecule has 0 unspecified atom stereocenters. The largest absolute Gasteiger partial charge is 0.512 e. The molecule has 3 heterocycles. The van der Waals surface area contributed by atoms with Crippen LogP contribution in [0.1, 0.15) is 99.3 Å². The van der Waals surface area contributed by atoms with Gasteiger partial charge in [-0.1, -0.05) is 91.5 Å². The molecule has 0 saturated heterocycles. The number of carbonyl (C=O) groups is 1. The molecule has 6 heteroatoms. The zero-order chi connectivity index (χ0) is 35.9. The van der Waals surface area contributed by atoms with Crippen molar-refractivity contribution in [1.29, 1.82) is 0 Å². The second-order valence-corrected chi connectivity index (χ2v) is 14.5. The van der Waals surface area contributed by atoms with Crippen molar-refractivity contribution in [1.82, 2.24) is 4.98 Å².